The number of pyridine rings is 1. The van der Waals surface area contributed by atoms with Crippen LogP contribution in [-0.2, 0) is 9.59 Å². The number of allylic oxidation sites excluding steroid dienone is 2. The third kappa shape index (κ3) is 6.61. The molecule has 1 saturated heterocycles. The van der Waals surface area contributed by atoms with E-state index in [4.69, 9.17) is 0 Å². The van der Waals surface area contributed by atoms with E-state index in [2.05, 4.69) is 20.9 Å². The van der Waals surface area contributed by atoms with Crippen LogP contribution in [0.4, 0.5) is 11.4 Å². The highest BCUT2D eigenvalue weighted by molar-refractivity contribution is 9.10. The molecule has 5 rings (SSSR count). The van der Waals surface area contributed by atoms with Crippen molar-refractivity contribution in [2.24, 2.45) is 17.8 Å². The molecular formula is C34H34BrN3O7. The van der Waals surface area contributed by atoms with Gasteiger partial charge in [0.25, 0.3) is 5.69 Å². The fourth-order valence-corrected chi connectivity index (χ4v) is 6.98. The number of aromatic nitrogens is 1. The summed E-state index contributed by atoms with van der Waals surface area (Å²) in [4.78, 5) is 43.7. The minimum absolute atomic E-state index is 0.0940. The Balaban J connectivity index is 1.46. The molecule has 1 fully saturated rings. The van der Waals surface area contributed by atoms with Crippen molar-refractivity contribution in [3.63, 3.8) is 0 Å². The van der Waals surface area contributed by atoms with Crippen molar-refractivity contribution in [3.05, 3.63) is 104 Å². The van der Waals surface area contributed by atoms with Gasteiger partial charge in [0.2, 0.25) is 11.8 Å². The molecule has 1 aromatic heterocycles. The fraction of sp³-hybridized carbons (Fsp3) is 0.324. The standard InChI is InChI=1S/C34H34BrN3O7/c1-2-6-21-17-26-32(34(43)37(33(26)42)24-7-5-8-25(18-24)38(44)45)27(19-39)31(21)30(41)12-10-20(28-9-3-4-14-36-28)15-22-16-23(35)11-13-29(22)40/h3-5,7-9,11,13-16,18,26-27,30,32,39-41H,2,6,10,12,17,19H2,1H3/b20-15-/t26-,27+,30-,32-/m1/s1. The number of nitrogens with zero attached hydrogens (tertiary/aromatic N) is 3. The van der Waals surface area contributed by atoms with Crippen LogP contribution in [0.5, 0.6) is 5.75 Å². The molecule has 4 atom stereocenters. The normalized spacial score (nSPS) is 20.8. The maximum Gasteiger partial charge on any atom is 0.271 e. The number of aliphatic hydroxyl groups is 2. The van der Waals surface area contributed by atoms with Gasteiger partial charge in [0.15, 0.2) is 0 Å². The zero-order valence-electron chi connectivity index (χ0n) is 24.7. The van der Waals surface area contributed by atoms with Gasteiger partial charge in [-0.2, -0.15) is 0 Å². The lowest BCUT2D eigenvalue weighted by atomic mass is 9.67. The maximum absolute atomic E-state index is 13.8. The van der Waals surface area contributed by atoms with Crippen LogP contribution in [0.3, 0.4) is 0 Å². The molecule has 0 radical (unpaired) electrons. The minimum Gasteiger partial charge on any atom is -0.507 e. The molecule has 3 N–H and O–H groups in total. The second kappa shape index (κ2) is 13.8. The van der Waals surface area contributed by atoms with E-state index in [9.17, 15) is 35.0 Å². The number of benzene rings is 2. The van der Waals surface area contributed by atoms with Crippen LogP contribution in [-0.4, -0.2) is 49.8 Å². The third-order valence-electron chi connectivity index (χ3n) is 8.59. The lowest BCUT2D eigenvalue weighted by Crippen LogP contribution is -2.39. The predicted molar refractivity (Wildman–Crippen MR) is 173 cm³/mol. The van der Waals surface area contributed by atoms with Crippen molar-refractivity contribution >= 4 is 50.8 Å². The number of rotatable bonds is 11. The van der Waals surface area contributed by atoms with Gasteiger partial charge in [-0.3, -0.25) is 24.7 Å². The first kappa shape index (κ1) is 32.2. The van der Waals surface area contributed by atoms with Crippen molar-refractivity contribution < 1.29 is 29.8 Å². The number of halogens is 1. The van der Waals surface area contributed by atoms with Gasteiger partial charge in [0, 0.05) is 34.3 Å². The summed E-state index contributed by atoms with van der Waals surface area (Å²) >= 11 is 3.44. The second-order valence-electron chi connectivity index (χ2n) is 11.4. The van der Waals surface area contributed by atoms with Crippen LogP contribution in [0.2, 0.25) is 0 Å². The molecule has 11 heteroatoms. The molecule has 45 heavy (non-hydrogen) atoms. The minimum atomic E-state index is -1.03. The van der Waals surface area contributed by atoms with E-state index in [0.29, 0.717) is 29.7 Å². The molecule has 0 saturated carbocycles. The summed E-state index contributed by atoms with van der Waals surface area (Å²) in [5.41, 5.74) is 3.34. The SMILES string of the molecule is CCCC1=C([C@H](O)CC/C(=C/c2cc(Br)ccc2O)c2ccccn2)[C@H](CO)[C@@H]2C(=O)N(c3cccc([N+](=O)[O-])c3)C(=O)[C@@H]2C1. The predicted octanol–water partition coefficient (Wildman–Crippen LogP) is 6.05. The number of nitro benzene ring substituents is 1. The molecule has 1 aliphatic carbocycles. The molecule has 0 spiro atoms. The van der Waals surface area contributed by atoms with Gasteiger partial charge in [-0.25, -0.2) is 4.90 Å². The van der Waals surface area contributed by atoms with Gasteiger partial charge >= 0.3 is 0 Å². The average Bonchev–Trinajstić information content (AvgIpc) is 3.29. The summed E-state index contributed by atoms with van der Waals surface area (Å²) in [5.74, 6) is -3.34. The molecule has 2 aromatic carbocycles. The Kier molecular flexibility index (Phi) is 9.91. The van der Waals surface area contributed by atoms with Crippen molar-refractivity contribution in [2.45, 2.75) is 45.1 Å². The van der Waals surface area contributed by atoms with E-state index in [0.717, 1.165) is 26.9 Å². The zero-order valence-corrected chi connectivity index (χ0v) is 26.3. The van der Waals surface area contributed by atoms with Crippen LogP contribution in [0.1, 0.15) is 50.3 Å². The quantitative estimate of drug-likeness (QED) is 0.0960. The largest absolute Gasteiger partial charge is 0.507 e. The number of hydrogen-bond donors (Lipinski definition) is 3. The number of carbonyl (C=O) groups is 2. The average molecular weight is 677 g/mol. The van der Waals surface area contributed by atoms with Gasteiger partial charge in [-0.15, -0.1) is 0 Å². The topological polar surface area (TPSA) is 154 Å². The molecule has 3 aromatic rings. The molecular weight excluding hydrogens is 642 g/mol. The monoisotopic (exact) mass is 675 g/mol. The molecule has 10 nitrogen and oxygen atoms in total. The summed E-state index contributed by atoms with van der Waals surface area (Å²) in [7, 11) is 0. The highest BCUT2D eigenvalue weighted by atomic mass is 79.9. The smallest absolute Gasteiger partial charge is 0.271 e. The molecule has 0 bridgehead atoms. The van der Waals surface area contributed by atoms with E-state index in [1.165, 1.54) is 24.3 Å². The summed E-state index contributed by atoms with van der Waals surface area (Å²) in [6.07, 6.45) is 4.65. The van der Waals surface area contributed by atoms with Gasteiger partial charge in [0.05, 0.1) is 40.9 Å². The number of aliphatic hydroxyl groups excluding tert-OH is 2. The number of non-ortho nitro benzene ring substituents is 1. The van der Waals surface area contributed by atoms with Gasteiger partial charge in [-0.1, -0.05) is 47.0 Å². The lowest BCUT2D eigenvalue weighted by Gasteiger charge is -2.36. The number of carbonyl (C=O) groups excluding carboxylic acids is 2. The van der Waals surface area contributed by atoms with Crippen molar-refractivity contribution in [1.82, 2.24) is 4.98 Å². The number of fused-ring (bicyclic) bond motifs is 1. The molecule has 0 unspecified atom stereocenters. The van der Waals surface area contributed by atoms with Crippen LogP contribution in [0.25, 0.3) is 11.6 Å². The molecule has 1 aliphatic heterocycles. The van der Waals surface area contributed by atoms with E-state index in [1.54, 1.807) is 30.5 Å². The Hall–Kier alpha value is -4.19. The highest BCUT2D eigenvalue weighted by Crippen LogP contribution is 2.48. The Labute approximate surface area is 269 Å². The van der Waals surface area contributed by atoms with E-state index in [-0.39, 0.29) is 30.0 Å². The van der Waals surface area contributed by atoms with Gasteiger partial charge in [-0.05, 0) is 79.3 Å². The van der Waals surface area contributed by atoms with E-state index in [1.807, 2.05) is 25.1 Å². The van der Waals surface area contributed by atoms with Gasteiger partial charge < -0.3 is 15.3 Å². The Bertz CT molecular complexity index is 1670. The molecule has 234 valence electrons. The summed E-state index contributed by atoms with van der Waals surface area (Å²) < 4.78 is 0.791. The third-order valence-corrected chi connectivity index (χ3v) is 9.08. The Morgan fingerprint density at radius 1 is 1.16 bits per heavy atom. The molecule has 2 amide bonds. The number of amides is 2. The van der Waals surface area contributed by atoms with E-state index < -0.39 is 47.2 Å². The van der Waals surface area contributed by atoms with Crippen molar-refractivity contribution in [3.8, 4) is 5.75 Å². The first-order valence-electron chi connectivity index (χ1n) is 14.9. The van der Waals surface area contributed by atoms with Crippen molar-refractivity contribution in [2.75, 3.05) is 11.5 Å². The van der Waals surface area contributed by atoms with Crippen LogP contribution >= 0.6 is 15.9 Å². The zero-order chi connectivity index (χ0) is 32.2. The summed E-state index contributed by atoms with van der Waals surface area (Å²) in [6, 6.07) is 16.0. The molecule has 2 heterocycles. The van der Waals surface area contributed by atoms with Crippen LogP contribution in [0.15, 0.2) is 82.5 Å². The first-order chi connectivity index (χ1) is 21.6. The van der Waals surface area contributed by atoms with Crippen LogP contribution in [0, 0.1) is 27.9 Å². The van der Waals surface area contributed by atoms with Crippen molar-refractivity contribution in [1.29, 1.82) is 0 Å². The molecule has 2 aliphatic rings. The number of imide groups is 1. The van der Waals surface area contributed by atoms with Crippen LogP contribution < -0.4 is 4.90 Å². The number of phenolic OH excluding ortho intramolecular Hbond substituents is 1. The number of phenols is 1. The van der Waals surface area contributed by atoms with E-state index >= 15 is 0 Å². The lowest BCUT2D eigenvalue weighted by molar-refractivity contribution is -0.384. The number of aromatic hydroxyl groups is 1. The Morgan fingerprint density at radius 2 is 1.96 bits per heavy atom. The number of nitro groups is 1. The second-order valence-corrected chi connectivity index (χ2v) is 12.3. The highest BCUT2D eigenvalue weighted by Gasteiger charge is 2.55. The Morgan fingerprint density at radius 3 is 2.64 bits per heavy atom. The fourth-order valence-electron chi connectivity index (χ4n) is 6.60. The first-order valence-corrected chi connectivity index (χ1v) is 15.7. The number of anilines is 1. The number of hydrogen-bond acceptors (Lipinski definition) is 8. The van der Waals surface area contributed by atoms with Gasteiger partial charge in [0.1, 0.15) is 5.75 Å². The maximum atomic E-state index is 13.8. The summed E-state index contributed by atoms with van der Waals surface area (Å²) in [5, 5.41) is 44.2. The summed E-state index contributed by atoms with van der Waals surface area (Å²) in [6.45, 7) is 1.54.